The summed E-state index contributed by atoms with van der Waals surface area (Å²) in [6, 6.07) is 13.5. The second kappa shape index (κ2) is 7.62. The van der Waals surface area contributed by atoms with Gasteiger partial charge >= 0.3 is 6.03 Å². The van der Waals surface area contributed by atoms with E-state index in [9.17, 15) is 9.18 Å². The van der Waals surface area contributed by atoms with Gasteiger partial charge in [0.05, 0.1) is 12.3 Å². The summed E-state index contributed by atoms with van der Waals surface area (Å²) >= 11 is 0. The number of furan rings is 1. The lowest BCUT2D eigenvalue weighted by molar-refractivity contribution is 0.207. The summed E-state index contributed by atoms with van der Waals surface area (Å²) in [5, 5.41) is 2.91. The van der Waals surface area contributed by atoms with Crippen LogP contribution in [0.4, 0.5) is 9.18 Å². The van der Waals surface area contributed by atoms with Gasteiger partial charge in [0.15, 0.2) is 17.2 Å². The number of amides is 2. The molecule has 0 saturated carbocycles. The fourth-order valence-electron chi connectivity index (χ4n) is 3.88. The average molecular weight is 405 g/mol. The van der Waals surface area contributed by atoms with E-state index in [0.29, 0.717) is 31.2 Å². The van der Waals surface area contributed by atoms with Crippen molar-refractivity contribution in [1.29, 1.82) is 0 Å². The molecule has 1 aliphatic rings. The van der Waals surface area contributed by atoms with Crippen molar-refractivity contribution in [3.05, 3.63) is 72.4 Å². The van der Waals surface area contributed by atoms with Gasteiger partial charge in [-0.15, -0.1) is 0 Å². The van der Waals surface area contributed by atoms with E-state index in [1.807, 2.05) is 24.3 Å². The molecule has 0 bridgehead atoms. The van der Waals surface area contributed by atoms with E-state index in [2.05, 4.69) is 14.9 Å². The third kappa shape index (κ3) is 3.41. The number of halogens is 1. The van der Waals surface area contributed by atoms with Gasteiger partial charge in [-0.2, -0.15) is 0 Å². The lowest BCUT2D eigenvalue weighted by Gasteiger charge is -2.19. The Balaban J connectivity index is 1.34. The molecule has 7 nitrogen and oxygen atoms in total. The van der Waals surface area contributed by atoms with Crippen molar-refractivity contribution in [3.63, 3.8) is 0 Å². The van der Waals surface area contributed by atoms with Crippen LogP contribution in [-0.2, 0) is 6.54 Å². The Kier molecular flexibility index (Phi) is 4.66. The zero-order chi connectivity index (χ0) is 20.5. The Bertz CT molecular complexity index is 1170. The van der Waals surface area contributed by atoms with Crippen molar-refractivity contribution in [3.8, 4) is 11.6 Å². The van der Waals surface area contributed by atoms with Crippen LogP contribution < -0.4 is 5.32 Å². The van der Waals surface area contributed by atoms with Gasteiger partial charge in [-0.3, -0.25) is 0 Å². The number of imidazole rings is 1. The highest BCUT2D eigenvalue weighted by molar-refractivity contribution is 5.77. The number of urea groups is 1. The van der Waals surface area contributed by atoms with E-state index in [-0.39, 0.29) is 17.9 Å². The summed E-state index contributed by atoms with van der Waals surface area (Å²) in [5.41, 5.74) is 2.43. The van der Waals surface area contributed by atoms with Crippen molar-refractivity contribution >= 4 is 17.2 Å². The Morgan fingerprint density at radius 1 is 1.20 bits per heavy atom. The number of rotatable bonds is 4. The highest BCUT2D eigenvalue weighted by atomic mass is 19.1. The molecule has 30 heavy (non-hydrogen) atoms. The molecule has 5 rings (SSSR count). The minimum Gasteiger partial charge on any atom is -0.461 e. The van der Waals surface area contributed by atoms with Crippen LogP contribution in [0.1, 0.15) is 18.0 Å². The molecule has 1 fully saturated rings. The maximum absolute atomic E-state index is 13.0. The molecule has 4 aromatic rings. The first-order chi connectivity index (χ1) is 14.7. The molecule has 0 spiro atoms. The summed E-state index contributed by atoms with van der Waals surface area (Å²) in [6.07, 6.45) is 4.16. The number of carbonyl (C=O) groups is 1. The Labute approximate surface area is 172 Å². The average Bonchev–Trinajstić information content (AvgIpc) is 3.51. The summed E-state index contributed by atoms with van der Waals surface area (Å²) in [5.74, 6) is 1.10. The molecule has 1 N–H and O–H groups in total. The predicted molar refractivity (Wildman–Crippen MR) is 109 cm³/mol. The van der Waals surface area contributed by atoms with Crippen LogP contribution >= 0.6 is 0 Å². The van der Waals surface area contributed by atoms with Crippen LogP contribution in [0.2, 0.25) is 0 Å². The topological polar surface area (TPSA) is 76.2 Å². The molecule has 1 aromatic carbocycles. The lowest BCUT2D eigenvalue weighted by atomic mass is 10.2. The minimum absolute atomic E-state index is 0.0431. The van der Waals surface area contributed by atoms with Crippen molar-refractivity contribution in [1.82, 2.24) is 24.8 Å². The van der Waals surface area contributed by atoms with E-state index in [0.717, 1.165) is 23.1 Å². The van der Waals surface area contributed by atoms with Gasteiger partial charge < -0.3 is 19.2 Å². The number of hydrogen-bond acceptors (Lipinski definition) is 4. The molecular formula is C22H20FN5O2. The van der Waals surface area contributed by atoms with Gasteiger partial charge in [0.1, 0.15) is 11.3 Å². The normalized spacial score (nSPS) is 16.3. The fraction of sp³-hybridized carbons (Fsp3) is 0.227. The quantitative estimate of drug-likeness (QED) is 0.557. The zero-order valence-corrected chi connectivity index (χ0v) is 16.2. The molecule has 0 aliphatic carbocycles. The summed E-state index contributed by atoms with van der Waals surface area (Å²) in [6.45, 7) is 1.53. The van der Waals surface area contributed by atoms with Gasteiger partial charge in [-0.25, -0.2) is 19.2 Å². The second-order valence-electron chi connectivity index (χ2n) is 7.30. The third-order valence-corrected chi connectivity index (χ3v) is 5.36. The first-order valence-corrected chi connectivity index (χ1v) is 9.83. The molecular weight excluding hydrogens is 385 g/mol. The number of nitrogens with zero attached hydrogens (tertiary/aromatic N) is 4. The molecule has 1 unspecified atom stereocenters. The van der Waals surface area contributed by atoms with Crippen molar-refractivity contribution in [2.45, 2.75) is 19.0 Å². The molecule has 0 radical (unpaired) electrons. The smallest absolute Gasteiger partial charge is 0.317 e. The maximum Gasteiger partial charge on any atom is 0.317 e. The van der Waals surface area contributed by atoms with Gasteiger partial charge in [0.25, 0.3) is 0 Å². The van der Waals surface area contributed by atoms with Gasteiger partial charge in [0, 0.05) is 25.8 Å². The van der Waals surface area contributed by atoms with E-state index >= 15 is 0 Å². The number of likely N-dealkylation sites (tertiary alicyclic amines) is 1. The first-order valence-electron chi connectivity index (χ1n) is 9.83. The molecule has 1 saturated heterocycles. The molecule has 3 aromatic heterocycles. The summed E-state index contributed by atoms with van der Waals surface area (Å²) < 4.78 is 20.7. The molecule has 2 amide bonds. The van der Waals surface area contributed by atoms with E-state index < -0.39 is 0 Å². The van der Waals surface area contributed by atoms with Crippen molar-refractivity contribution < 1.29 is 13.6 Å². The standard InChI is InChI=1S/C22H20FN5O2/c23-16-7-5-15(6-8-16)13-25-22(29)27-11-9-17(14-27)28-20-18(3-1-10-24-20)26-21(28)19-4-2-12-30-19/h1-8,10,12,17H,9,11,13-14H2,(H,25,29). The van der Waals surface area contributed by atoms with Crippen molar-refractivity contribution in [2.24, 2.45) is 0 Å². The molecule has 1 atom stereocenters. The van der Waals surface area contributed by atoms with Crippen LogP contribution in [0.3, 0.4) is 0 Å². The van der Waals surface area contributed by atoms with Gasteiger partial charge in [-0.05, 0) is 48.4 Å². The molecule has 4 heterocycles. The monoisotopic (exact) mass is 405 g/mol. The largest absolute Gasteiger partial charge is 0.461 e. The SMILES string of the molecule is O=C(NCc1ccc(F)cc1)N1CCC(n2c(-c3ccco3)nc3cccnc32)C1. The maximum atomic E-state index is 13.0. The predicted octanol–water partition coefficient (Wildman–Crippen LogP) is 3.99. The molecule has 152 valence electrons. The minimum atomic E-state index is -0.291. The Morgan fingerprint density at radius 3 is 2.87 bits per heavy atom. The molecule has 8 heteroatoms. The van der Waals surface area contributed by atoms with Crippen LogP contribution in [0.15, 0.2) is 65.4 Å². The van der Waals surface area contributed by atoms with Crippen LogP contribution in [0, 0.1) is 5.82 Å². The first kappa shape index (κ1) is 18.4. The van der Waals surface area contributed by atoms with Crippen LogP contribution in [0.5, 0.6) is 0 Å². The number of aromatic nitrogens is 3. The Morgan fingerprint density at radius 2 is 2.07 bits per heavy atom. The summed E-state index contributed by atoms with van der Waals surface area (Å²) in [4.78, 5) is 23.7. The van der Waals surface area contributed by atoms with E-state index in [1.165, 1.54) is 12.1 Å². The number of fused-ring (bicyclic) bond motifs is 1. The van der Waals surface area contributed by atoms with E-state index in [4.69, 9.17) is 9.40 Å². The third-order valence-electron chi connectivity index (χ3n) is 5.36. The van der Waals surface area contributed by atoms with Gasteiger partial charge in [-0.1, -0.05) is 12.1 Å². The van der Waals surface area contributed by atoms with Crippen molar-refractivity contribution in [2.75, 3.05) is 13.1 Å². The van der Waals surface area contributed by atoms with E-state index in [1.54, 1.807) is 29.5 Å². The van der Waals surface area contributed by atoms with Gasteiger partial charge in [0.2, 0.25) is 0 Å². The lowest BCUT2D eigenvalue weighted by Crippen LogP contribution is -2.38. The summed E-state index contributed by atoms with van der Waals surface area (Å²) in [7, 11) is 0. The van der Waals surface area contributed by atoms with Crippen LogP contribution in [0.25, 0.3) is 22.7 Å². The fourth-order valence-corrected chi connectivity index (χ4v) is 3.88. The number of carbonyl (C=O) groups excluding carboxylic acids is 1. The number of hydrogen-bond donors (Lipinski definition) is 1. The number of benzene rings is 1. The highest BCUT2D eigenvalue weighted by Gasteiger charge is 2.31. The Hall–Kier alpha value is -3.68. The molecule has 1 aliphatic heterocycles. The second-order valence-corrected chi connectivity index (χ2v) is 7.30. The van der Waals surface area contributed by atoms with Crippen LogP contribution in [-0.4, -0.2) is 38.6 Å². The highest BCUT2D eigenvalue weighted by Crippen LogP contribution is 2.32. The zero-order valence-electron chi connectivity index (χ0n) is 16.2. The number of pyridine rings is 1. The number of nitrogens with one attached hydrogen (secondary N) is 1.